The lowest BCUT2D eigenvalue weighted by molar-refractivity contribution is -0.119. The average molecular weight is 246 g/mol. The number of oxazole rings is 1. The van der Waals surface area contributed by atoms with Crippen molar-refractivity contribution in [3.05, 3.63) is 29.7 Å². The van der Waals surface area contributed by atoms with E-state index in [1.165, 1.54) is 6.92 Å². The molecule has 2 aromatic rings. The van der Waals surface area contributed by atoms with Crippen LogP contribution >= 0.6 is 0 Å². The van der Waals surface area contributed by atoms with E-state index in [9.17, 15) is 4.79 Å². The third-order valence-corrected chi connectivity index (χ3v) is 3.06. The van der Waals surface area contributed by atoms with Crippen LogP contribution in [0.1, 0.15) is 32.2 Å². The number of carbonyl (C=O) groups is 1. The van der Waals surface area contributed by atoms with Crippen LogP contribution in [0.15, 0.2) is 22.6 Å². The van der Waals surface area contributed by atoms with Crippen molar-refractivity contribution in [3.63, 3.8) is 0 Å². The van der Waals surface area contributed by atoms with E-state index < -0.39 is 0 Å². The molecule has 1 aromatic carbocycles. The Bertz CT molecular complexity index is 584. The molecule has 0 unspecified atom stereocenters. The van der Waals surface area contributed by atoms with Gasteiger partial charge < -0.3 is 9.73 Å². The molecular weight excluding hydrogens is 228 g/mol. The highest BCUT2D eigenvalue weighted by Crippen LogP contribution is 2.26. The minimum Gasteiger partial charge on any atom is -0.441 e. The molecule has 1 amide bonds. The van der Waals surface area contributed by atoms with Crippen LogP contribution < -0.4 is 5.32 Å². The van der Waals surface area contributed by atoms with E-state index in [0.29, 0.717) is 12.4 Å². The normalized spacial score (nSPS) is 11.8. The summed E-state index contributed by atoms with van der Waals surface area (Å²) < 4.78 is 5.53. The summed E-state index contributed by atoms with van der Waals surface area (Å²) in [5.41, 5.74) is 2.65. The van der Waals surface area contributed by atoms with Crippen LogP contribution in [-0.4, -0.2) is 17.4 Å². The summed E-state index contributed by atoms with van der Waals surface area (Å²) in [5.74, 6) is 0.654. The molecule has 0 atom stereocenters. The molecule has 1 N–H and O–H groups in total. The van der Waals surface area contributed by atoms with Gasteiger partial charge in [0.1, 0.15) is 5.52 Å². The maximum absolute atomic E-state index is 11.0. The number of aryl methyl sites for hydroxylation is 1. The number of rotatable bonds is 3. The molecule has 0 spiro atoms. The largest absolute Gasteiger partial charge is 0.441 e. The number of nitrogens with zero attached hydrogens (tertiary/aromatic N) is 1. The van der Waals surface area contributed by atoms with Gasteiger partial charge in [0.05, 0.1) is 0 Å². The van der Waals surface area contributed by atoms with Gasteiger partial charge in [0, 0.05) is 25.8 Å². The van der Waals surface area contributed by atoms with E-state index in [1.807, 2.05) is 25.1 Å². The van der Waals surface area contributed by atoms with Crippen molar-refractivity contribution >= 4 is 17.0 Å². The minimum absolute atomic E-state index is 0.0142. The first-order chi connectivity index (χ1) is 8.38. The topological polar surface area (TPSA) is 55.1 Å². The molecule has 0 saturated carbocycles. The maximum Gasteiger partial charge on any atom is 0.216 e. The zero-order chi connectivity index (χ0) is 13.3. The quantitative estimate of drug-likeness (QED) is 0.905. The summed E-state index contributed by atoms with van der Waals surface area (Å²) >= 11 is 0. The number of fused-ring (bicyclic) bond motifs is 1. The minimum atomic E-state index is -0.138. The van der Waals surface area contributed by atoms with Crippen molar-refractivity contribution in [2.45, 2.75) is 33.1 Å². The van der Waals surface area contributed by atoms with Gasteiger partial charge in [0.2, 0.25) is 5.91 Å². The smallest absolute Gasteiger partial charge is 0.216 e. The second-order valence-corrected chi connectivity index (χ2v) is 5.21. The van der Waals surface area contributed by atoms with Crippen molar-refractivity contribution in [2.75, 3.05) is 6.54 Å². The SMILES string of the molecule is CC(=O)NCC(C)(C)c1ccc2nc(C)oc2c1. The maximum atomic E-state index is 11.0. The molecule has 4 nitrogen and oxygen atoms in total. The zero-order valence-corrected chi connectivity index (χ0v) is 11.2. The molecule has 0 saturated heterocycles. The van der Waals surface area contributed by atoms with Gasteiger partial charge in [0.15, 0.2) is 11.5 Å². The number of benzene rings is 1. The molecule has 0 aliphatic heterocycles. The van der Waals surface area contributed by atoms with Crippen molar-refractivity contribution in [1.82, 2.24) is 10.3 Å². The molecule has 1 aromatic heterocycles. The Kier molecular flexibility index (Phi) is 3.11. The molecule has 0 bridgehead atoms. The number of hydrogen-bond acceptors (Lipinski definition) is 3. The molecular formula is C14H18N2O2. The summed E-state index contributed by atoms with van der Waals surface area (Å²) in [7, 11) is 0. The number of aromatic nitrogens is 1. The molecule has 0 fully saturated rings. The molecule has 0 aliphatic carbocycles. The van der Waals surface area contributed by atoms with Crippen LogP contribution in [0, 0.1) is 6.92 Å². The fraction of sp³-hybridized carbons (Fsp3) is 0.429. The summed E-state index contributed by atoms with van der Waals surface area (Å²) in [5, 5.41) is 2.85. The summed E-state index contributed by atoms with van der Waals surface area (Å²) in [6.07, 6.45) is 0. The second-order valence-electron chi connectivity index (χ2n) is 5.21. The molecule has 4 heteroatoms. The van der Waals surface area contributed by atoms with Crippen molar-refractivity contribution in [1.29, 1.82) is 0 Å². The first-order valence-corrected chi connectivity index (χ1v) is 6.00. The van der Waals surface area contributed by atoms with E-state index in [-0.39, 0.29) is 11.3 Å². The summed E-state index contributed by atoms with van der Waals surface area (Å²) in [6.45, 7) is 8.14. The standard InChI is InChI=1S/C14H18N2O2/c1-9(17)15-8-14(3,4)11-5-6-12-13(7-11)18-10(2)16-12/h5-7H,8H2,1-4H3,(H,15,17). The predicted octanol–water partition coefficient (Wildman–Crippen LogP) is 2.55. The Balaban J connectivity index is 2.31. The van der Waals surface area contributed by atoms with Crippen LogP contribution in [0.3, 0.4) is 0 Å². The fourth-order valence-corrected chi connectivity index (χ4v) is 1.91. The first-order valence-electron chi connectivity index (χ1n) is 6.00. The monoisotopic (exact) mass is 246 g/mol. The van der Waals surface area contributed by atoms with E-state index in [2.05, 4.69) is 24.1 Å². The van der Waals surface area contributed by atoms with Gasteiger partial charge in [-0.1, -0.05) is 19.9 Å². The predicted molar refractivity (Wildman–Crippen MR) is 70.5 cm³/mol. The third kappa shape index (κ3) is 2.53. The van der Waals surface area contributed by atoms with Gasteiger partial charge in [-0.05, 0) is 17.7 Å². The third-order valence-electron chi connectivity index (χ3n) is 3.06. The van der Waals surface area contributed by atoms with E-state index in [0.717, 1.165) is 16.7 Å². The Morgan fingerprint density at radius 3 is 2.83 bits per heavy atom. The molecule has 0 aliphatic rings. The van der Waals surface area contributed by atoms with Crippen LogP contribution in [0.25, 0.3) is 11.1 Å². The number of amides is 1. The lowest BCUT2D eigenvalue weighted by Crippen LogP contribution is -2.35. The Labute approximate surface area is 106 Å². The highest BCUT2D eigenvalue weighted by atomic mass is 16.3. The van der Waals surface area contributed by atoms with Gasteiger partial charge in [-0.2, -0.15) is 0 Å². The van der Waals surface area contributed by atoms with Gasteiger partial charge in [-0.3, -0.25) is 4.79 Å². The molecule has 1 heterocycles. The number of hydrogen-bond donors (Lipinski definition) is 1. The van der Waals surface area contributed by atoms with Gasteiger partial charge in [0.25, 0.3) is 0 Å². The Morgan fingerprint density at radius 1 is 1.44 bits per heavy atom. The Hall–Kier alpha value is -1.84. The van der Waals surface area contributed by atoms with Crippen molar-refractivity contribution in [3.8, 4) is 0 Å². The second kappa shape index (κ2) is 4.44. The average Bonchev–Trinajstić information content (AvgIpc) is 2.65. The summed E-state index contributed by atoms with van der Waals surface area (Å²) in [4.78, 5) is 15.3. The highest BCUT2D eigenvalue weighted by molar-refractivity contribution is 5.74. The first kappa shape index (κ1) is 12.6. The molecule has 96 valence electrons. The van der Waals surface area contributed by atoms with Crippen molar-refractivity contribution < 1.29 is 9.21 Å². The van der Waals surface area contributed by atoms with E-state index in [4.69, 9.17) is 4.42 Å². The van der Waals surface area contributed by atoms with Crippen molar-refractivity contribution in [2.24, 2.45) is 0 Å². The lowest BCUT2D eigenvalue weighted by atomic mass is 9.84. The molecule has 18 heavy (non-hydrogen) atoms. The number of nitrogens with one attached hydrogen (secondary N) is 1. The van der Waals surface area contributed by atoms with Gasteiger partial charge >= 0.3 is 0 Å². The summed E-state index contributed by atoms with van der Waals surface area (Å²) in [6, 6.07) is 5.99. The van der Waals surface area contributed by atoms with Crippen LogP contribution in [-0.2, 0) is 10.2 Å². The van der Waals surface area contributed by atoms with Crippen LogP contribution in [0.5, 0.6) is 0 Å². The molecule has 2 rings (SSSR count). The zero-order valence-electron chi connectivity index (χ0n) is 11.2. The van der Waals surface area contributed by atoms with Crippen LogP contribution in [0.2, 0.25) is 0 Å². The highest BCUT2D eigenvalue weighted by Gasteiger charge is 2.21. The van der Waals surface area contributed by atoms with Gasteiger partial charge in [-0.15, -0.1) is 0 Å². The van der Waals surface area contributed by atoms with E-state index >= 15 is 0 Å². The Morgan fingerprint density at radius 2 is 2.17 bits per heavy atom. The van der Waals surface area contributed by atoms with Crippen LogP contribution in [0.4, 0.5) is 0 Å². The van der Waals surface area contributed by atoms with Gasteiger partial charge in [-0.25, -0.2) is 4.98 Å². The fourth-order valence-electron chi connectivity index (χ4n) is 1.91. The molecule has 0 radical (unpaired) electrons. The lowest BCUT2D eigenvalue weighted by Gasteiger charge is -2.25. The van der Waals surface area contributed by atoms with E-state index in [1.54, 1.807) is 0 Å². The number of carbonyl (C=O) groups excluding carboxylic acids is 1.